The highest BCUT2D eigenvalue weighted by Gasteiger charge is 2.16. The van der Waals surface area contributed by atoms with Crippen molar-refractivity contribution in [3.8, 4) is 17.2 Å². The Morgan fingerprint density at radius 2 is 1.78 bits per heavy atom. The highest BCUT2D eigenvalue weighted by molar-refractivity contribution is 7.99. The number of ether oxygens (including phenoxy) is 2. The first-order chi connectivity index (χ1) is 15.6. The highest BCUT2D eigenvalue weighted by atomic mass is 32.2. The van der Waals surface area contributed by atoms with E-state index in [1.165, 1.54) is 16.3 Å². The number of amides is 1. The maximum absolute atomic E-state index is 13.3. The van der Waals surface area contributed by atoms with Gasteiger partial charge >= 0.3 is 0 Å². The molecule has 3 aromatic carbocycles. The lowest BCUT2D eigenvalue weighted by Crippen LogP contribution is -2.23. The lowest BCUT2D eigenvalue weighted by atomic mass is 10.2. The number of para-hydroxylation sites is 3. The van der Waals surface area contributed by atoms with E-state index < -0.39 is 0 Å². The molecule has 32 heavy (non-hydrogen) atoms. The summed E-state index contributed by atoms with van der Waals surface area (Å²) in [7, 11) is 3.12. The van der Waals surface area contributed by atoms with Crippen LogP contribution in [0, 0.1) is 0 Å². The van der Waals surface area contributed by atoms with Crippen LogP contribution in [0.2, 0.25) is 0 Å². The first-order valence-electron chi connectivity index (χ1n) is 9.82. The SMILES string of the molecule is COc1cccc(-n2c(SCC(=O)Nc3ccccc3OC)nc3ccccc3c2=O)c1. The smallest absolute Gasteiger partial charge is 0.266 e. The van der Waals surface area contributed by atoms with Gasteiger partial charge in [0.15, 0.2) is 5.16 Å². The topological polar surface area (TPSA) is 82.4 Å². The van der Waals surface area contributed by atoms with E-state index in [1.54, 1.807) is 68.8 Å². The van der Waals surface area contributed by atoms with Crippen LogP contribution >= 0.6 is 11.8 Å². The molecule has 0 aliphatic carbocycles. The Balaban J connectivity index is 1.68. The predicted molar refractivity (Wildman–Crippen MR) is 126 cm³/mol. The molecule has 0 aliphatic heterocycles. The molecule has 0 spiro atoms. The number of thioether (sulfide) groups is 1. The molecule has 0 atom stereocenters. The number of rotatable bonds is 7. The lowest BCUT2D eigenvalue weighted by Gasteiger charge is -2.14. The largest absolute Gasteiger partial charge is 0.497 e. The van der Waals surface area contributed by atoms with Crippen molar-refractivity contribution in [1.29, 1.82) is 0 Å². The molecule has 0 unspecified atom stereocenters. The van der Waals surface area contributed by atoms with Crippen LogP contribution in [0.3, 0.4) is 0 Å². The molecule has 162 valence electrons. The van der Waals surface area contributed by atoms with E-state index in [4.69, 9.17) is 9.47 Å². The van der Waals surface area contributed by atoms with Crippen LogP contribution in [0.15, 0.2) is 82.7 Å². The average Bonchev–Trinajstić information content (AvgIpc) is 2.83. The number of hydrogen-bond donors (Lipinski definition) is 1. The Hall–Kier alpha value is -3.78. The van der Waals surface area contributed by atoms with Crippen molar-refractivity contribution in [3.63, 3.8) is 0 Å². The summed E-state index contributed by atoms with van der Waals surface area (Å²) in [4.78, 5) is 30.6. The van der Waals surface area contributed by atoms with E-state index in [1.807, 2.05) is 18.2 Å². The quantitative estimate of drug-likeness (QED) is 0.339. The van der Waals surface area contributed by atoms with Gasteiger partial charge in [-0.05, 0) is 36.4 Å². The zero-order valence-corrected chi connectivity index (χ0v) is 18.4. The van der Waals surface area contributed by atoms with E-state index >= 15 is 0 Å². The van der Waals surface area contributed by atoms with Gasteiger partial charge in [0, 0.05) is 6.07 Å². The van der Waals surface area contributed by atoms with Crippen molar-refractivity contribution in [2.24, 2.45) is 0 Å². The minimum atomic E-state index is -0.237. The monoisotopic (exact) mass is 447 g/mol. The molecule has 1 aromatic heterocycles. The standard InChI is InChI=1S/C24H21N3O4S/c1-30-17-9-7-8-16(14-17)27-23(29)18-10-3-4-11-19(18)26-24(27)32-15-22(28)25-20-12-5-6-13-21(20)31-2/h3-14H,15H2,1-2H3,(H,25,28). The molecular weight excluding hydrogens is 426 g/mol. The van der Waals surface area contributed by atoms with Crippen molar-refractivity contribution in [3.05, 3.63) is 83.2 Å². The van der Waals surface area contributed by atoms with Gasteiger partial charge in [-0.2, -0.15) is 0 Å². The lowest BCUT2D eigenvalue weighted by molar-refractivity contribution is -0.113. The van der Waals surface area contributed by atoms with E-state index in [0.717, 1.165) is 0 Å². The number of carbonyl (C=O) groups excluding carboxylic acids is 1. The van der Waals surface area contributed by atoms with Crippen molar-refractivity contribution < 1.29 is 14.3 Å². The molecule has 7 nitrogen and oxygen atoms in total. The van der Waals surface area contributed by atoms with Crippen LogP contribution in [-0.4, -0.2) is 35.4 Å². The summed E-state index contributed by atoms with van der Waals surface area (Å²) in [5, 5.41) is 3.75. The third kappa shape index (κ3) is 4.45. The third-order valence-electron chi connectivity index (χ3n) is 4.77. The minimum Gasteiger partial charge on any atom is -0.497 e. The molecule has 4 aromatic rings. The summed E-state index contributed by atoms with van der Waals surface area (Å²) in [5.41, 5.74) is 1.55. The summed E-state index contributed by atoms with van der Waals surface area (Å²) >= 11 is 1.18. The number of nitrogens with one attached hydrogen (secondary N) is 1. The molecule has 1 heterocycles. The van der Waals surface area contributed by atoms with E-state index in [2.05, 4.69) is 10.3 Å². The predicted octanol–water partition coefficient (Wildman–Crippen LogP) is 4.13. The highest BCUT2D eigenvalue weighted by Crippen LogP contribution is 2.26. The van der Waals surface area contributed by atoms with Gasteiger partial charge in [0.2, 0.25) is 5.91 Å². The second-order valence-electron chi connectivity index (χ2n) is 6.79. The maximum Gasteiger partial charge on any atom is 0.266 e. The molecule has 0 aliphatic rings. The van der Waals surface area contributed by atoms with Gasteiger partial charge in [0.25, 0.3) is 5.56 Å². The third-order valence-corrected chi connectivity index (χ3v) is 5.71. The number of carbonyl (C=O) groups is 1. The van der Waals surface area contributed by atoms with E-state index in [0.29, 0.717) is 38.9 Å². The van der Waals surface area contributed by atoms with Crippen LogP contribution in [0.5, 0.6) is 11.5 Å². The summed E-state index contributed by atoms with van der Waals surface area (Å²) < 4.78 is 12.1. The Kier molecular flexibility index (Phi) is 6.42. The van der Waals surface area contributed by atoms with Crippen molar-refractivity contribution in [2.75, 3.05) is 25.3 Å². The maximum atomic E-state index is 13.3. The van der Waals surface area contributed by atoms with Gasteiger partial charge in [-0.15, -0.1) is 0 Å². The molecule has 0 bridgehead atoms. The van der Waals surface area contributed by atoms with Gasteiger partial charge in [0.05, 0.1) is 42.3 Å². The Morgan fingerprint density at radius 3 is 2.59 bits per heavy atom. The van der Waals surface area contributed by atoms with Gasteiger partial charge < -0.3 is 14.8 Å². The summed E-state index contributed by atoms with van der Waals surface area (Å²) in [5.74, 6) is 1.02. The normalized spacial score (nSPS) is 10.7. The van der Waals surface area contributed by atoms with Crippen LogP contribution in [0.25, 0.3) is 16.6 Å². The van der Waals surface area contributed by atoms with Crippen LogP contribution in [0.1, 0.15) is 0 Å². The second kappa shape index (κ2) is 9.57. The first kappa shape index (κ1) is 21.5. The van der Waals surface area contributed by atoms with Crippen molar-refractivity contribution in [2.45, 2.75) is 5.16 Å². The number of aromatic nitrogens is 2. The fraction of sp³-hybridized carbons (Fsp3) is 0.125. The molecular formula is C24H21N3O4S. The molecule has 0 fully saturated rings. The molecule has 0 radical (unpaired) electrons. The molecule has 1 N–H and O–H groups in total. The zero-order chi connectivity index (χ0) is 22.5. The second-order valence-corrected chi connectivity index (χ2v) is 7.73. The zero-order valence-electron chi connectivity index (χ0n) is 17.6. The number of anilines is 1. The fourth-order valence-corrected chi connectivity index (χ4v) is 4.06. The average molecular weight is 448 g/mol. The molecule has 0 saturated heterocycles. The number of benzene rings is 3. The number of fused-ring (bicyclic) bond motifs is 1. The molecule has 0 saturated carbocycles. The van der Waals surface area contributed by atoms with Crippen LogP contribution in [-0.2, 0) is 4.79 Å². The minimum absolute atomic E-state index is 0.0623. The van der Waals surface area contributed by atoms with Gasteiger partial charge in [0.1, 0.15) is 11.5 Å². The van der Waals surface area contributed by atoms with Gasteiger partial charge in [-0.25, -0.2) is 4.98 Å². The summed E-state index contributed by atoms with van der Waals surface area (Å²) in [6.07, 6.45) is 0. The molecule has 1 amide bonds. The Morgan fingerprint density at radius 1 is 1.00 bits per heavy atom. The van der Waals surface area contributed by atoms with E-state index in [9.17, 15) is 9.59 Å². The van der Waals surface area contributed by atoms with E-state index in [-0.39, 0.29) is 17.2 Å². The van der Waals surface area contributed by atoms with Gasteiger partial charge in [-0.1, -0.05) is 42.1 Å². The van der Waals surface area contributed by atoms with Crippen molar-refractivity contribution in [1.82, 2.24) is 9.55 Å². The molecule has 4 rings (SSSR count). The number of hydrogen-bond acceptors (Lipinski definition) is 6. The molecule has 8 heteroatoms. The van der Waals surface area contributed by atoms with Crippen LogP contribution in [0.4, 0.5) is 5.69 Å². The Labute approximate surface area is 189 Å². The van der Waals surface area contributed by atoms with Gasteiger partial charge in [-0.3, -0.25) is 14.2 Å². The summed E-state index contributed by atoms with van der Waals surface area (Å²) in [6.45, 7) is 0. The number of methoxy groups -OCH3 is 2. The first-order valence-corrected chi connectivity index (χ1v) is 10.8. The number of nitrogens with zero attached hydrogens (tertiary/aromatic N) is 2. The van der Waals surface area contributed by atoms with Crippen LogP contribution < -0.4 is 20.3 Å². The Bertz CT molecular complexity index is 1340. The summed E-state index contributed by atoms with van der Waals surface area (Å²) in [6, 6.07) is 21.5. The van der Waals surface area contributed by atoms with Crippen molar-refractivity contribution >= 4 is 34.3 Å². The fourth-order valence-electron chi connectivity index (χ4n) is 3.25.